The fourth-order valence-corrected chi connectivity index (χ4v) is 1.72. The molecule has 0 bridgehead atoms. The summed E-state index contributed by atoms with van der Waals surface area (Å²) in [5, 5.41) is 0. The number of benzene rings is 1. The molecule has 11 heavy (non-hydrogen) atoms. The number of nitrogens with two attached hydrogens (primary N) is 1. The van der Waals surface area contributed by atoms with Gasteiger partial charge in [0.15, 0.2) is 0 Å². The number of nitrogen functional groups attached to an aromatic ring is 1. The maximum atomic E-state index is 10.8. The van der Waals surface area contributed by atoms with E-state index in [0.717, 1.165) is 5.56 Å². The Hall–Kier alpha value is -0.540. The van der Waals surface area contributed by atoms with Crippen LogP contribution in [-0.2, 0) is 10.0 Å². The summed E-state index contributed by atoms with van der Waals surface area (Å²) < 4.78 is 10.8. The summed E-state index contributed by atoms with van der Waals surface area (Å²) in [5.74, 6) is 0. The number of rotatable bonds is 1. The maximum Gasteiger partial charge on any atom is 0.149 e. The van der Waals surface area contributed by atoms with Crippen LogP contribution < -0.4 is 5.73 Å². The van der Waals surface area contributed by atoms with Gasteiger partial charge in [0.25, 0.3) is 0 Å². The van der Waals surface area contributed by atoms with Gasteiger partial charge in [-0.25, -0.2) is 4.21 Å². The maximum absolute atomic E-state index is 10.8. The van der Waals surface area contributed by atoms with Gasteiger partial charge in [0.05, 0.1) is 10.6 Å². The van der Waals surface area contributed by atoms with Crippen molar-refractivity contribution in [2.75, 3.05) is 5.73 Å². The van der Waals surface area contributed by atoms with E-state index in [2.05, 4.69) is 0 Å². The van der Waals surface area contributed by atoms with Crippen LogP contribution in [0, 0.1) is 6.92 Å². The molecule has 0 amide bonds. The number of hydrogen-bond acceptors (Lipinski definition) is 2. The number of aryl methyl sites for hydroxylation is 1. The van der Waals surface area contributed by atoms with Crippen molar-refractivity contribution in [3.05, 3.63) is 23.8 Å². The summed E-state index contributed by atoms with van der Waals surface area (Å²) in [5.41, 5.74) is 7.02. The van der Waals surface area contributed by atoms with Crippen molar-refractivity contribution in [3.63, 3.8) is 0 Å². The Bertz CT molecular complexity index is 300. The van der Waals surface area contributed by atoms with Crippen LogP contribution >= 0.6 is 10.7 Å². The quantitative estimate of drug-likeness (QED) is 0.541. The van der Waals surface area contributed by atoms with Gasteiger partial charge < -0.3 is 5.73 Å². The molecule has 0 spiro atoms. The number of hydrogen-bond donors (Lipinski definition) is 1. The fraction of sp³-hybridized carbons (Fsp3) is 0.143. The van der Waals surface area contributed by atoms with Crippen molar-refractivity contribution in [3.8, 4) is 0 Å². The van der Waals surface area contributed by atoms with Crippen molar-refractivity contribution in [1.29, 1.82) is 0 Å². The molecule has 0 aliphatic heterocycles. The molecule has 2 N–H and O–H groups in total. The molecule has 0 fully saturated rings. The zero-order valence-corrected chi connectivity index (χ0v) is 7.58. The molecule has 0 saturated heterocycles. The van der Waals surface area contributed by atoms with Gasteiger partial charge in [-0.1, -0.05) is 12.1 Å². The first-order valence-electron chi connectivity index (χ1n) is 3.06. The summed E-state index contributed by atoms with van der Waals surface area (Å²) in [6.07, 6.45) is 0. The SMILES string of the molecule is Cc1cccc(S(=O)Cl)c1N. The van der Waals surface area contributed by atoms with Crippen molar-refractivity contribution >= 4 is 26.4 Å². The second kappa shape index (κ2) is 3.24. The van der Waals surface area contributed by atoms with Gasteiger partial charge in [-0.2, -0.15) is 0 Å². The van der Waals surface area contributed by atoms with E-state index in [1.807, 2.05) is 13.0 Å². The van der Waals surface area contributed by atoms with E-state index in [-0.39, 0.29) is 0 Å². The Kier molecular flexibility index (Phi) is 2.52. The van der Waals surface area contributed by atoms with Crippen molar-refractivity contribution < 1.29 is 4.21 Å². The highest BCUT2D eigenvalue weighted by atomic mass is 35.7. The van der Waals surface area contributed by atoms with Crippen molar-refractivity contribution in [1.82, 2.24) is 0 Å². The number of para-hydroxylation sites is 1. The van der Waals surface area contributed by atoms with Crippen LogP contribution in [0.2, 0.25) is 0 Å². The van der Waals surface area contributed by atoms with E-state index in [1.165, 1.54) is 0 Å². The fourth-order valence-electron chi connectivity index (χ4n) is 0.794. The van der Waals surface area contributed by atoms with Crippen LogP contribution in [0.15, 0.2) is 23.1 Å². The Morgan fingerprint density at radius 3 is 2.64 bits per heavy atom. The second-order valence-corrected chi connectivity index (χ2v) is 3.94. The summed E-state index contributed by atoms with van der Waals surface area (Å²) in [7, 11) is 3.87. The summed E-state index contributed by atoms with van der Waals surface area (Å²) >= 11 is 0. The van der Waals surface area contributed by atoms with Crippen LogP contribution in [0.25, 0.3) is 0 Å². The van der Waals surface area contributed by atoms with E-state index in [1.54, 1.807) is 12.1 Å². The first kappa shape index (κ1) is 8.56. The van der Waals surface area contributed by atoms with E-state index in [9.17, 15) is 4.21 Å². The third-order valence-electron chi connectivity index (χ3n) is 1.46. The van der Waals surface area contributed by atoms with Gasteiger partial charge in [0.2, 0.25) is 0 Å². The third-order valence-corrected chi connectivity index (χ3v) is 2.66. The molecular formula is C7H8ClNOS. The van der Waals surface area contributed by atoms with Crippen LogP contribution in [0.3, 0.4) is 0 Å². The minimum Gasteiger partial charge on any atom is -0.397 e. The molecule has 2 nitrogen and oxygen atoms in total. The van der Waals surface area contributed by atoms with Crippen LogP contribution in [-0.4, -0.2) is 4.21 Å². The predicted molar refractivity (Wildman–Crippen MR) is 47.9 cm³/mol. The Morgan fingerprint density at radius 1 is 1.55 bits per heavy atom. The molecule has 1 aromatic rings. The Morgan fingerprint density at radius 2 is 2.18 bits per heavy atom. The first-order chi connectivity index (χ1) is 5.13. The molecule has 4 heteroatoms. The molecule has 1 unspecified atom stereocenters. The zero-order chi connectivity index (χ0) is 8.43. The Labute approximate surface area is 72.3 Å². The van der Waals surface area contributed by atoms with E-state index < -0.39 is 10.0 Å². The van der Waals surface area contributed by atoms with E-state index >= 15 is 0 Å². The minimum atomic E-state index is -1.50. The average molecular weight is 190 g/mol. The second-order valence-electron chi connectivity index (χ2n) is 2.21. The summed E-state index contributed by atoms with van der Waals surface area (Å²) in [6, 6.07) is 5.29. The molecule has 0 aliphatic rings. The highest BCUT2D eigenvalue weighted by Crippen LogP contribution is 2.21. The minimum absolute atomic E-state index is 0.492. The molecule has 60 valence electrons. The van der Waals surface area contributed by atoms with Gasteiger partial charge in [0, 0.05) is 0 Å². The number of anilines is 1. The van der Waals surface area contributed by atoms with Crippen LogP contribution in [0.4, 0.5) is 5.69 Å². The standard InChI is InChI=1S/C7H8ClNOS/c1-5-3-2-4-6(7(5)9)11(8)10/h2-4H,9H2,1H3. The third kappa shape index (κ3) is 1.73. The first-order valence-corrected chi connectivity index (χ1v) is 5.03. The van der Waals surface area contributed by atoms with Crippen LogP contribution in [0.5, 0.6) is 0 Å². The van der Waals surface area contributed by atoms with Crippen LogP contribution in [0.1, 0.15) is 5.56 Å². The van der Waals surface area contributed by atoms with Gasteiger partial charge in [-0.3, -0.25) is 0 Å². The highest BCUT2D eigenvalue weighted by molar-refractivity contribution is 8.08. The highest BCUT2D eigenvalue weighted by Gasteiger charge is 2.05. The van der Waals surface area contributed by atoms with Gasteiger partial charge in [-0.15, -0.1) is 0 Å². The molecule has 0 heterocycles. The topological polar surface area (TPSA) is 43.1 Å². The number of halogens is 1. The lowest BCUT2D eigenvalue weighted by Gasteiger charge is -2.02. The molecule has 1 aromatic carbocycles. The molecule has 0 radical (unpaired) electrons. The lowest BCUT2D eigenvalue weighted by atomic mass is 10.2. The molecule has 0 saturated carbocycles. The Balaban J connectivity index is 3.27. The lowest BCUT2D eigenvalue weighted by Crippen LogP contribution is -1.95. The largest absolute Gasteiger partial charge is 0.397 e. The smallest absolute Gasteiger partial charge is 0.149 e. The molecular weight excluding hydrogens is 182 g/mol. The van der Waals surface area contributed by atoms with E-state index in [0.29, 0.717) is 10.6 Å². The van der Waals surface area contributed by atoms with Gasteiger partial charge in [-0.05, 0) is 29.2 Å². The molecule has 1 rings (SSSR count). The molecule has 1 atom stereocenters. The summed E-state index contributed by atoms with van der Waals surface area (Å²) in [4.78, 5) is 0.492. The average Bonchev–Trinajstić information content (AvgIpc) is 1.94. The lowest BCUT2D eigenvalue weighted by molar-refractivity contribution is 0.691. The predicted octanol–water partition coefficient (Wildman–Crippen LogP) is 1.84. The molecule has 0 aromatic heterocycles. The van der Waals surface area contributed by atoms with E-state index in [4.69, 9.17) is 16.4 Å². The van der Waals surface area contributed by atoms with Crippen molar-refractivity contribution in [2.24, 2.45) is 0 Å². The normalized spacial score (nSPS) is 12.9. The monoisotopic (exact) mass is 189 g/mol. The molecule has 0 aliphatic carbocycles. The summed E-state index contributed by atoms with van der Waals surface area (Å²) in [6.45, 7) is 1.85. The van der Waals surface area contributed by atoms with Crippen molar-refractivity contribution in [2.45, 2.75) is 11.8 Å². The van der Waals surface area contributed by atoms with Gasteiger partial charge >= 0.3 is 0 Å². The van der Waals surface area contributed by atoms with Gasteiger partial charge in [0.1, 0.15) is 10.0 Å². The zero-order valence-electron chi connectivity index (χ0n) is 6.00.